The molecule has 2 saturated carbocycles. The van der Waals surface area contributed by atoms with Gasteiger partial charge in [-0.25, -0.2) is 4.79 Å². The van der Waals surface area contributed by atoms with Crippen molar-refractivity contribution in [3.05, 3.63) is 70.4 Å². The van der Waals surface area contributed by atoms with Crippen molar-refractivity contribution in [2.75, 3.05) is 6.54 Å². The molecule has 6 rings (SSSR count). The van der Waals surface area contributed by atoms with E-state index in [-0.39, 0.29) is 0 Å². The quantitative estimate of drug-likeness (QED) is 0.447. The number of likely N-dealkylation sites (tertiary alicyclic amines) is 1. The fourth-order valence-corrected chi connectivity index (χ4v) is 5.78. The van der Waals surface area contributed by atoms with Crippen LogP contribution in [-0.4, -0.2) is 27.5 Å². The lowest BCUT2D eigenvalue weighted by atomic mass is 9.83. The summed E-state index contributed by atoms with van der Waals surface area (Å²) >= 11 is 0. The molecule has 4 nitrogen and oxygen atoms in total. The third kappa shape index (κ3) is 4.26. The molecule has 0 unspecified atom stereocenters. The van der Waals surface area contributed by atoms with Gasteiger partial charge in [0.05, 0.1) is 5.56 Å². The number of nitrogens with zero attached hydrogens (tertiary/aromatic N) is 1. The molecule has 2 N–H and O–H groups in total. The van der Waals surface area contributed by atoms with E-state index in [4.69, 9.17) is 0 Å². The first-order valence-corrected chi connectivity index (χ1v) is 12.7. The Bertz CT molecular complexity index is 1290. The minimum absolute atomic E-state index is 0.307. The van der Waals surface area contributed by atoms with E-state index in [1.54, 1.807) is 12.1 Å². The molecule has 2 heterocycles. The molecule has 3 fully saturated rings. The van der Waals surface area contributed by atoms with Crippen LogP contribution in [0.1, 0.15) is 77.2 Å². The number of carboxylic acid groups (broad SMARTS) is 1. The second-order valence-corrected chi connectivity index (χ2v) is 10.6. The van der Waals surface area contributed by atoms with E-state index in [0.29, 0.717) is 17.5 Å². The van der Waals surface area contributed by atoms with Crippen molar-refractivity contribution in [1.82, 2.24) is 9.88 Å². The summed E-state index contributed by atoms with van der Waals surface area (Å²) in [5, 5.41) is 10.6. The van der Waals surface area contributed by atoms with Crippen LogP contribution in [0, 0.1) is 36.5 Å². The summed E-state index contributed by atoms with van der Waals surface area (Å²) in [5.74, 6) is 8.41. The molecule has 4 heteroatoms. The number of rotatable bonds is 5. The Balaban J connectivity index is 1.36. The number of nitrogens with one attached hydrogen (secondary N) is 1. The van der Waals surface area contributed by atoms with E-state index in [0.717, 1.165) is 31.3 Å². The van der Waals surface area contributed by atoms with Gasteiger partial charge in [-0.2, -0.15) is 0 Å². The minimum atomic E-state index is -0.865. The normalized spacial score (nSPS) is 23.0. The molecule has 34 heavy (non-hydrogen) atoms. The van der Waals surface area contributed by atoms with Crippen LogP contribution in [0.4, 0.5) is 0 Å². The van der Waals surface area contributed by atoms with E-state index in [9.17, 15) is 9.90 Å². The Morgan fingerprint density at radius 3 is 2.59 bits per heavy atom. The van der Waals surface area contributed by atoms with Crippen molar-refractivity contribution in [1.29, 1.82) is 0 Å². The molecule has 0 radical (unpaired) electrons. The Labute approximate surface area is 201 Å². The molecule has 1 saturated heterocycles. The SMILES string of the molecule is Cc1cc(C#CC2CC2)c(CN2CC[C@@H](C3CC3)C[C@H]2c2ccc(C(=O)O)cc2)c2cc[nH]c12. The first-order chi connectivity index (χ1) is 16.6. The molecule has 0 amide bonds. The minimum Gasteiger partial charge on any atom is -0.478 e. The number of carbonyl (C=O) groups is 1. The zero-order chi connectivity index (χ0) is 23.2. The zero-order valence-electron chi connectivity index (χ0n) is 19.8. The summed E-state index contributed by atoms with van der Waals surface area (Å²) in [7, 11) is 0. The van der Waals surface area contributed by atoms with Crippen molar-refractivity contribution < 1.29 is 9.90 Å². The van der Waals surface area contributed by atoms with Gasteiger partial charge in [0.2, 0.25) is 0 Å². The molecule has 1 aliphatic heterocycles. The highest BCUT2D eigenvalue weighted by Crippen LogP contribution is 2.47. The maximum atomic E-state index is 11.4. The van der Waals surface area contributed by atoms with Crippen molar-refractivity contribution in [3.8, 4) is 11.8 Å². The number of aromatic nitrogens is 1. The third-order valence-corrected chi connectivity index (χ3v) is 8.09. The molecular weight excluding hydrogens is 420 g/mol. The lowest BCUT2D eigenvalue weighted by Gasteiger charge is -2.40. The van der Waals surface area contributed by atoms with Crippen molar-refractivity contribution in [3.63, 3.8) is 0 Å². The average Bonchev–Trinajstić information content (AvgIpc) is 3.78. The summed E-state index contributed by atoms with van der Waals surface area (Å²) in [4.78, 5) is 17.5. The fraction of sp³-hybridized carbons (Fsp3) is 0.433. The van der Waals surface area contributed by atoms with Crippen LogP contribution < -0.4 is 0 Å². The zero-order valence-corrected chi connectivity index (χ0v) is 19.8. The van der Waals surface area contributed by atoms with Crippen LogP contribution in [0.25, 0.3) is 10.9 Å². The van der Waals surface area contributed by atoms with Crippen LogP contribution in [0.2, 0.25) is 0 Å². The molecule has 0 bridgehead atoms. The largest absolute Gasteiger partial charge is 0.478 e. The third-order valence-electron chi connectivity index (χ3n) is 8.09. The Morgan fingerprint density at radius 1 is 1.09 bits per heavy atom. The van der Waals surface area contributed by atoms with Gasteiger partial charge in [-0.1, -0.05) is 24.0 Å². The van der Waals surface area contributed by atoms with Gasteiger partial charge >= 0.3 is 5.97 Å². The van der Waals surface area contributed by atoms with Crippen LogP contribution in [0.3, 0.4) is 0 Å². The number of carboxylic acids is 1. The number of piperidine rings is 1. The number of H-pyrrole nitrogens is 1. The molecule has 3 aromatic rings. The number of fused-ring (bicyclic) bond motifs is 1. The molecule has 2 aromatic carbocycles. The average molecular weight is 453 g/mol. The number of aryl methyl sites for hydroxylation is 1. The van der Waals surface area contributed by atoms with Gasteiger partial charge < -0.3 is 10.1 Å². The van der Waals surface area contributed by atoms with Gasteiger partial charge in [0, 0.05) is 41.2 Å². The van der Waals surface area contributed by atoms with E-state index in [1.807, 2.05) is 18.3 Å². The lowest BCUT2D eigenvalue weighted by Crippen LogP contribution is -2.37. The van der Waals surface area contributed by atoms with Crippen molar-refractivity contribution in [2.24, 2.45) is 17.8 Å². The Morgan fingerprint density at radius 2 is 1.88 bits per heavy atom. The molecule has 2 atom stereocenters. The monoisotopic (exact) mass is 452 g/mol. The highest BCUT2D eigenvalue weighted by atomic mass is 16.4. The Kier molecular flexibility index (Phi) is 5.46. The maximum absolute atomic E-state index is 11.4. The van der Waals surface area contributed by atoms with Crippen LogP contribution >= 0.6 is 0 Å². The lowest BCUT2D eigenvalue weighted by molar-refractivity contribution is 0.0696. The topological polar surface area (TPSA) is 56.3 Å². The highest BCUT2D eigenvalue weighted by Gasteiger charge is 2.38. The van der Waals surface area contributed by atoms with Crippen molar-refractivity contribution in [2.45, 2.75) is 58.0 Å². The first kappa shape index (κ1) is 21.5. The van der Waals surface area contributed by atoms with E-state index in [2.05, 4.69) is 40.8 Å². The second-order valence-electron chi connectivity index (χ2n) is 10.6. The first-order valence-electron chi connectivity index (χ1n) is 12.7. The smallest absolute Gasteiger partial charge is 0.335 e. The van der Waals surface area contributed by atoms with Gasteiger partial charge in [0.1, 0.15) is 0 Å². The van der Waals surface area contributed by atoms with Gasteiger partial charge in [0.25, 0.3) is 0 Å². The van der Waals surface area contributed by atoms with Crippen LogP contribution in [0.5, 0.6) is 0 Å². The van der Waals surface area contributed by atoms with Gasteiger partial charge in [-0.3, -0.25) is 4.90 Å². The maximum Gasteiger partial charge on any atom is 0.335 e. The number of hydrogen-bond donors (Lipinski definition) is 2. The Hall–Kier alpha value is -3.03. The molecule has 1 aromatic heterocycles. The molecule has 3 aliphatic rings. The summed E-state index contributed by atoms with van der Waals surface area (Å²) in [5.41, 5.74) is 6.54. The molecular formula is C30H32N2O2. The van der Waals surface area contributed by atoms with E-state index >= 15 is 0 Å². The van der Waals surface area contributed by atoms with E-state index < -0.39 is 5.97 Å². The summed E-state index contributed by atoms with van der Waals surface area (Å²) in [6.45, 7) is 4.10. The standard InChI is InChI=1S/C30H32N2O2/c1-19-16-25(5-4-20-2-3-20)27(26-12-14-31-29(19)26)18-32-15-13-24(21-6-7-21)17-28(32)22-8-10-23(11-9-22)30(33)34/h8-12,14,16,20-21,24,28,31H,2-3,6-7,13,15,17-18H2,1H3,(H,33,34)/t24-,28+/m1/s1. The molecule has 2 aliphatic carbocycles. The fourth-order valence-electron chi connectivity index (χ4n) is 5.78. The van der Waals surface area contributed by atoms with Gasteiger partial charge in [-0.05, 0) is 105 Å². The summed E-state index contributed by atoms with van der Waals surface area (Å²) in [6, 6.07) is 12.4. The predicted molar refractivity (Wildman–Crippen MR) is 135 cm³/mol. The van der Waals surface area contributed by atoms with Crippen molar-refractivity contribution >= 4 is 16.9 Å². The van der Waals surface area contributed by atoms with Gasteiger partial charge in [-0.15, -0.1) is 0 Å². The second kappa shape index (κ2) is 8.64. The molecule has 0 spiro atoms. The predicted octanol–water partition coefficient (Wildman–Crippen LogP) is 6.30. The van der Waals surface area contributed by atoms with Crippen LogP contribution in [0.15, 0.2) is 42.6 Å². The summed E-state index contributed by atoms with van der Waals surface area (Å²) < 4.78 is 0. The van der Waals surface area contributed by atoms with Crippen LogP contribution in [-0.2, 0) is 6.54 Å². The number of hydrogen-bond acceptors (Lipinski definition) is 2. The summed E-state index contributed by atoms with van der Waals surface area (Å²) in [6.07, 6.45) is 9.66. The number of benzene rings is 2. The molecule has 174 valence electrons. The number of aromatic carboxylic acids is 1. The number of aromatic amines is 1. The highest BCUT2D eigenvalue weighted by molar-refractivity contribution is 5.88. The van der Waals surface area contributed by atoms with Gasteiger partial charge in [0.15, 0.2) is 0 Å². The van der Waals surface area contributed by atoms with E-state index in [1.165, 1.54) is 65.3 Å².